The zero-order valence-electron chi connectivity index (χ0n) is 7.54. The van der Waals surface area contributed by atoms with E-state index in [0.717, 1.165) is 12.8 Å². The lowest BCUT2D eigenvalue weighted by atomic mass is 9.98. The first-order chi connectivity index (χ1) is 5.83. The fourth-order valence-electron chi connectivity index (χ4n) is 1.47. The van der Waals surface area contributed by atoms with Crippen LogP contribution in [0.5, 0.6) is 0 Å². The first-order valence-electron chi connectivity index (χ1n) is 4.66. The third-order valence-corrected chi connectivity index (χ3v) is 2.08. The smallest absolute Gasteiger partial charge is 0.435 e. The molecular formula is C9H16O3. The number of carbonyl (C=O) groups excluding carboxylic acids is 1. The maximum absolute atomic E-state index is 10.9. The van der Waals surface area contributed by atoms with Gasteiger partial charge >= 0.3 is 6.16 Å². The predicted octanol–water partition coefficient (Wildman–Crippen LogP) is 2.49. The molecule has 0 N–H and O–H groups in total. The van der Waals surface area contributed by atoms with Crippen molar-refractivity contribution >= 4 is 6.16 Å². The van der Waals surface area contributed by atoms with Gasteiger partial charge < -0.3 is 9.47 Å². The van der Waals surface area contributed by atoms with Crippen LogP contribution in [0, 0.1) is 0 Å². The van der Waals surface area contributed by atoms with E-state index in [-0.39, 0.29) is 6.10 Å². The lowest BCUT2D eigenvalue weighted by molar-refractivity contribution is 0.0138. The van der Waals surface area contributed by atoms with E-state index < -0.39 is 6.16 Å². The Bertz CT molecular complexity index is 139. The lowest BCUT2D eigenvalue weighted by Gasteiger charge is -2.20. The number of rotatable bonds is 2. The van der Waals surface area contributed by atoms with Gasteiger partial charge in [0, 0.05) is 0 Å². The molecule has 0 aromatic heterocycles. The Kier molecular flexibility index (Phi) is 3.91. The van der Waals surface area contributed by atoms with Crippen molar-refractivity contribution in [2.45, 2.75) is 45.1 Å². The summed E-state index contributed by atoms with van der Waals surface area (Å²) >= 11 is 0. The normalized spacial score (nSPS) is 18.8. The SMILES string of the molecule is CCOC(=O)OC1CCCCC1. The molecule has 1 saturated carbocycles. The highest BCUT2D eigenvalue weighted by Crippen LogP contribution is 2.20. The van der Waals surface area contributed by atoms with E-state index in [4.69, 9.17) is 4.74 Å². The average Bonchev–Trinajstić information content (AvgIpc) is 2.06. The third kappa shape index (κ3) is 3.11. The van der Waals surface area contributed by atoms with Crippen molar-refractivity contribution in [2.75, 3.05) is 6.61 Å². The fourth-order valence-corrected chi connectivity index (χ4v) is 1.47. The van der Waals surface area contributed by atoms with Gasteiger partial charge in [0.25, 0.3) is 0 Å². The van der Waals surface area contributed by atoms with Crippen molar-refractivity contribution in [1.29, 1.82) is 0 Å². The first-order valence-corrected chi connectivity index (χ1v) is 4.66. The van der Waals surface area contributed by atoms with E-state index in [2.05, 4.69) is 4.74 Å². The Labute approximate surface area is 73.0 Å². The van der Waals surface area contributed by atoms with E-state index >= 15 is 0 Å². The van der Waals surface area contributed by atoms with Crippen LogP contribution < -0.4 is 0 Å². The van der Waals surface area contributed by atoms with E-state index in [0.29, 0.717) is 6.61 Å². The molecule has 0 amide bonds. The summed E-state index contributed by atoms with van der Waals surface area (Å²) in [5, 5.41) is 0. The maximum atomic E-state index is 10.9. The number of hydrogen-bond donors (Lipinski definition) is 0. The summed E-state index contributed by atoms with van der Waals surface area (Å²) in [7, 11) is 0. The quantitative estimate of drug-likeness (QED) is 0.600. The largest absolute Gasteiger partial charge is 0.508 e. The second-order valence-electron chi connectivity index (χ2n) is 3.06. The molecule has 1 fully saturated rings. The third-order valence-electron chi connectivity index (χ3n) is 2.08. The summed E-state index contributed by atoms with van der Waals surface area (Å²) < 4.78 is 9.75. The molecule has 12 heavy (non-hydrogen) atoms. The fraction of sp³-hybridized carbons (Fsp3) is 0.889. The molecule has 0 unspecified atom stereocenters. The Balaban J connectivity index is 2.15. The first kappa shape index (κ1) is 9.36. The summed E-state index contributed by atoms with van der Waals surface area (Å²) in [6.07, 6.45) is 5.20. The lowest BCUT2D eigenvalue weighted by Crippen LogP contribution is -2.21. The second-order valence-corrected chi connectivity index (χ2v) is 3.06. The van der Waals surface area contributed by atoms with Gasteiger partial charge in [-0.15, -0.1) is 0 Å². The van der Waals surface area contributed by atoms with E-state index in [9.17, 15) is 4.79 Å². The molecule has 0 radical (unpaired) electrons. The number of ether oxygens (including phenoxy) is 2. The molecule has 0 spiro atoms. The van der Waals surface area contributed by atoms with Gasteiger partial charge in [0.1, 0.15) is 6.10 Å². The molecule has 0 saturated heterocycles. The van der Waals surface area contributed by atoms with Crippen molar-refractivity contribution in [3.8, 4) is 0 Å². The highest BCUT2D eigenvalue weighted by Gasteiger charge is 2.17. The van der Waals surface area contributed by atoms with E-state index in [1.54, 1.807) is 6.92 Å². The van der Waals surface area contributed by atoms with Gasteiger partial charge in [-0.25, -0.2) is 4.79 Å². The van der Waals surface area contributed by atoms with Crippen molar-refractivity contribution in [3.05, 3.63) is 0 Å². The summed E-state index contributed by atoms with van der Waals surface area (Å²) in [6, 6.07) is 0. The molecule has 0 heterocycles. The minimum Gasteiger partial charge on any atom is -0.435 e. The van der Waals surface area contributed by atoms with Crippen LogP contribution in [0.15, 0.2) is 0 Å². The van der Waals surface area contributed by atoms with Gasteiger partial charge in [-0.05, 0) is 32.6 Å². The topological polar surface area (TPSA) is 35.5 Å². The minimum absolute atomic E-state index is 0.109. The number of carbonyl (C=O) groups is 1. The highest BCUT2D eigenvalue weighted by atomic mass is 16.7. The standard InChI is InChI=1S/C9H16O3/c1-2-11-9(10)12-8-6-4-3-5-7-8/h8H,2-7H2,1H3. The van der Waals surface area contributed by atoms with Gasteiger partial charge in [0.15, 0.2) is 0 Å². The monoisotopic (exact) mass is 172 g/mol. The predicted molar refractivity (Wildman–Crippen MR) is 45.0 cm³/mol. The van der Waals surface area contributed by atoms with Crippen LogP contribution in [0.2, 0.25) is 0 Å². The van der Waals surface area contributed by atoms with Crippen LogP contribution in [-0.2, 0) is 9.47 Å². The van der Waals surface area contributed by atoms with Gasteiger partial charge in [-0.2, -0.15) is 0 Å². The summed E-state index contributed by atoms with van der Waals surface area (Å²) in [5.41, 5.74) is 0. The van der Waals surface area contributed by atoms with Crippen molar-refractivity contribution in [3.63, 3.8) is 0 Å². The summed E-state index contributed by atoms with van der Waals surface area (Å²) in [6.45, 7) is 2.17. The van der Waals surface area contributed by atoms with Crippen LogP contribution in [0.25, 0.3) is 0 Å². The van der Waals surface area contributed by atoms with Crippen molar-refractivity contribution in [1.82, 2.24) is 0 Å². The molecule has 0 atom stereocenters. The van der Waals surface area contributed by atoms with Gasteiger partial charge in [0.2, 0.25) is 0 Å². The molecule has 1 aliphatic carbocycles. The maximum Gasteiger partial charge on any atom is 0.508 e. The molecule has 1 rings (SSSR count). The van der Waals surface area contributed by atoms with Crippen LogP contribution in [-0.4, -0.2) is 18.9 Å². The van der Waals surface area contributed by atoms with Crippen LogP contribution in [0.1, 0.15) is 39.0 Å². The molecule has 3 nitrogen and oxygen atoms in total. The summed E-state index contributed by atoms with van der Waals surface area (Å²) in [4.78, 5) is 10.9. The molecule has 0 aliphatic heterocycles. The molecule has 70 valence electrons. The minimum atomic E-state index is -0.510. The van der Waals surface area contributed by atoms with Crippen molar-refractivity contribution < 1.29 is 14.3 Å². The Morgan fingerprint density at radius 1 is 1.33 bits per heavy atom. The Morgan fingerprint density at radius 2 is 2.00 bits per heavy atom. The van der Waals surface area contributed by atoms with Crippen LogP contribution in [0.3, 0.4) is 0 Å². The molecule has 0 bridgehead atoms. The zero-order valence-corrected chi connectivity index (χ0v) is 7.54. The summed E-state index contributed by atoms with van der Waals surface area (Å²) in [5.74, 6) is 0. The molecule has 1 aliphatic rings. The molecule has 3 heteroatoms. The van der Waals surface area contributed by atoms with Gasteiger partial charge in [-0.1, -0.05) is 6.42 Å². The Hall–Kier alpha value is -0.730. The van der Waals surface area contributed by atoms with Crippen LogP contribution >= 0.6 is 0 Å². The van der Waals surface area contributed by atoms with Gasteiger partial charge in [-0.3, -0.25) is 0 Å². The number of hydrogen-bond acceptors (Lipinski definition) is 3. The zero-order chi connectivity index (χ0) is 8.81. The van der Waals surface area contributed by atoms with E-state index in [1.165, 1.54) is 19.3 Å². The van der Waals surface area contributed by atoms with Gasteiger partial charge in [0.05, 0.1) is 6.61 Å². The average molecular weight is 172 g/mol. The van der Waals surface area contributed by atoms with E-state index in [1.807, 2.05) is 0 Å². The molecule has 0 aromatic rings. The highest BCUT2D eigenvalue weighted by molar-refractivity contribution is 5.60. The second kappa shape index (κ2) is 5.01. The molecule has 0 aromatic carbocycles. The molecular weight excluding hydrogens is 156 g/mol. The van der Waals surface area contributed by atoms with Crippen molar-refractivity contribution in [2.24, 2.45) is 0 Å². The Morgan fingerprint density at radius 3 is 2.58 bits per heavy atom. The van der Waals surface area contributed by atoms with Crippen LogP contribution in [0.4, 0.5) is 4.79 Å².